The molecule has 2 heterocycles. The molecule has 1 aromatic heterocycles. The molecule has 0 aromatic carbocycles. The first kappa shape index (κ1) is 10.6. The molecule has 0 bridgehead atoms. The van der Waals surface area contributed by atoms with Crippen LogP contribution in [0.3, 0.4) is 0 Å². The van der Waals surface area contributed by atoms with E-state index in [9.17, 15) is 5.11 Å². The van der Waals surface area contributed by atoms with Crippen LogP contribution >= 0.6 is 11.6 Å². The van der Waals surface area contributed by atoms with Crippen molar-refractivity contribution in [3.8, 4) is 0 Å². The molecular formula is C10H14ClN3O. The highest BCUT2D eigenvalue weighted by molar-refractivity contribution is 6.30. The maximum Gasteiger partial charge on any atom is 0.138 e. The highest BCUT2D eigenvalue weighted by Gasteiger charge is 2.29. The van der Waals surface area contributed by atoms with Crippen molar-refractivity contribution < 1.29 is 5.11 Å². The molecule has 1 aliphatic rings. The maximum atomic E-state index is 9.26. The summed E-state index contributed by atoms with van der Waals surface area (Å²) in [6, 6.07) is 0. The largest absolute Gasteiger partial charge is 0.389 e. The van der Waals surface area contributed by atoms with Crippen molar-refractivity contribution in [3.05, 3.63) is 17.0 Å². The van der Waals surface area contributed by atoms with Crippen LogP contribution in [0.25, 0.3) is 0 Å². The predicted octanol–water partition coefficient (Wildman–Crippen LogP) is 1.43. The van der Waals surface area contributed by atoms with Gasteiger partial charge in [-0.05, 0) is 5.92 Å². The smallest absolute Gasteiger partial charge is 0.138 e. The number of aliphatic hydroxyl groups excluding tert-OH is 1. The molecule has 1 aromatic rings. The molecule has 0 radical (unpaired) electrons. The van der Waals surface area contributed by atoms with Gasteiger partial charge in [-0.25, -0.2) is 9.97 Å². The first-order chi connectivity index (χ1) is 7.09. The monoisotopic (exact) mass is 227 g/mol. The van der Waals surface area contributed by atoms with Crippen LogP contribution in [0.5, 0.6) is 0 Å². The maximum absolute atomic E-state index is 9.26. The van der Waals surface area contributed by atoms with Crippen molar-refractivity contribution in [2.24, 2.45) is 0 Å². The van der Waals surface area contributed by atoms with Crippen LogP contribution < -0.4 is 4.90 Å². The Bertz CT molecular complexity index is 364. The molecule has 0 unspecified atom stereocenters. The standard InChI is InChI=1S/C10H14ClN3O/c1-6(2)8-9(11)12-5-13-10(8)14-3-7(15)4-14/h5-7,15H,3-4H2,1-2H3. The van der Waals surface area contributed by atoms with E-state index in [-0.39, 0.29) is 12.0 Å². The van der Waals surface area contributed by atoms with Crippen LogP contribution in [-0.4, -0.2) is 34.3 Å². The number of aromatic nitrogens is 2. The van der Waals surface area contributed by atoms with Crippen LogP contribution in [0.4, 0.5) is 5.82 Å². The van der Waals surface area contributed by atoms with Gasteiger partial charge >= 0.3 is 0 Å². The molecule has 0 spiro atoms. The number of hydrogen-bond acceptors (Lipinski definition) is 4. The van der Waals surface area contributed by atoms with Gasteiger partial charge in [-0.3, -0.25) is 0 Å². The van der Waals surface area contributed by atoms with E-state index < -0.39 is 0 Å². The molecule has 0 saturated carbocycles. The van der Waals surface area contributed by atoms with Crippen molar-refractivity contribution in [1.29, 1.82) is 0 Å². The minimum atomic E-state index is -0.237. The number of rotatable bonds is 2. The Hall–Kier alpha value is -0.870. The Morgan fingerprint density at radius 1 is 1.47 bits per heavy atom. The number of nitrogens with zero attached hydrogens (tertiary/aromatic N) is 3. The van der Waals surface area contributed by atoms with Gasteiger partial charge in [0, 0.05) is 18.7 Å². The minimum absolute atomic E-state index is 0.237. The molecule has 1 fully saturated rings. The SMILES string of the molecule is CC(C)c1c(Cl)ncnc1N1CC(O)C1. The Morgan fingerprint density at radius 3 is 2.67 bits per heavy atom. The molecule has 15 heavy (non-hydrogen) atoms. The third-order valence-electron chi connectivity index (χ3n) is 2.55. The number of aliphatic hydroxyl groups is 1. The third kappa shape index (κ3) is 1.92. The molecule has 5 heteroatoms. The van der Waals surface area contributed by atoms with Crippen molar-refractivity contribution in [1.82, 2.24) is 9.97 Å². The van der Waals surface area contributed by atoms with E-state index in [1.807, 2.05) is 4.90 Å². The predicted molar refractivity (Wildman–Crippen MR) is 59.4 cm³/mol. The van der Waals surface area contributed by atoms with E-state index in [1.54, 1.807) is 0 Å². The molecular weight excluding hydrogens is 214 g/mol. The lowest BCUT2D eigenvalue weighted by atomic mass is 10.0. The van der Waals surface area contributed by atoms with Gasteiger partial charge in [0.25, 0.3) is 0 Å². The summed E-state index contributed by atoms with van der Waals surface area (Å²) in [4.78, 5) is 10.2. The minimum Gasteiger partial charge on any atom is -0.389 e. The Kier molecular flexibility index (Phi) is 2.80. The van der Waals surface area contributed by atoms with Crippen molar-refractivity contribution in [3.63, 3.8) is 0 Å². The zero-order valence-electron chi connectivity index (χ0n) is 8.81. The summed E-state index contributed by atoms with van der Waals surface area (Å²) >= 11 is 6.05. The second-order valence-electron chi connectivity index (χ2n) is 4.12. The summed E-state index contributed by atoms with van der Waals surface area (Å²) in [5.74, 6) is 1.14. The number of halogens is 1. The fourth-order valence-electron chi connectivity index (χ4n) is 1.74. The Morgan fingerprint density at radius 2 is 2.13 bits per heavy atom. The summed E-state index contributed by atoms with van der Waals surface area (Å²) in [7, 11) is 0. The summed E-state index contributed by atoms with van der Waals surface area (Å²) in [6.07, 6.45) is 1.23. The first-order valence-corrected chi connectivity index (χ1v) is 5.40. The average molecular weight is 228 g/mol. The molecule has 4 nitrogen and oxygen atoms in total. The molecule has 0 amide bonds. The second-order valence-corrected chi connectivity index (χ2v) is 4.47. The van der Waals surface area contributed by atoms with E-state index in [0.717, 1.165) is 11.4 Å². The highest BCUT2D eigenvalue weighted by Crippen LogP contribution is 2.32. The highest BCUT2D eigenvalue weighted by atomic mass is 35.5. The molecule has 0 aliphatic carbocycles. The summed E-state index contributed by atoms with van der Waals surface area (Å²) in [5, 5.41) is 9.77. The van der Waals surface area contributed by atoms with E-state index in [0.29, 0.717) is 18.2 Å². The van der Waals surface area contributed by atoms with Crippen LogP contribution in [0.1, 0.15) is 25.3 Å². The molecule has 2 rings (SSSR count). The number of β-amino-alcohol motifs (C(OH)–C–C–N with tert-alkyl or cyclic N) is 1. The zero-order chi connectivity index (χ0) is 11.0. The lowest BCUT2D eigenvalue weighted by Gasteiger charge is -2.38. The average Bonchev–Trinajstić information content (AvgIpc) is 2.12. The topological polar surface area (TPSA) is 49.2 Å². The van der Waals surface area contributed by atoms with Crippen LogP contribution in [0, 0.1) is 0 Å². The van der Waals surface area contributed by atoms with Gasteiger partial charge in [-0.15, -0.1) is 0 Å². The molecule has 0 atom stereocenters. The van der Waals surface area contributed by atoms with Gasteiger partial charge in [0.2, 0.25) is 0 Å². The summed E-state index contributed by atoms with van der Waals surface area (Å²) in [5.41, 5.74) is 0.964. The van der Waals surface area contributed by atoms with Gasteiger partial charge < -0.3 is 10.0 Å². The van der Waals surface area contributed by atoms with Crippen molar-refractivity contribution in [2.75, 3.05) is 18.0 Å². The molecule has 82 valence electrons. The summed E-state index contributed by atoms with van der Waals surface area (Å²) < 4.78 is 0. The van der Waals surface area contributed by atoms with Crippen molar-refractivity contribution >= 4 is 17.4 Å². The van der Waals surface area contributed by atoms with Crippen LogP contribution in [0.15, 0.2) is 6.33 Å². The summed E-state index contributed by atoms with van der Waals surface area (Å²) in [6.45, 7) is 5.38. The van der Waals surface area contributed by atoms with E-state index in [2.05, 4.69) is 23.8 Å². The van der Waals surface area contributed by atoms with Gasteiger partial charge in [0.15, 0.2) is 0 Å². The van der Waals surface area contributed by atoms with Gasteiger partial charge in [0.05, 0.1) is 6.10 Å². The van der Waals surface area contributed by atoms with Gasteiger partial charge in [0.1, 0.15) is 17.3 Å². The Balaban J connectivity index is 2.34. The molecule has 1 aliphatic heterocycles. The quantitative estimate of drug-likeness (QED) is 0.777. The van der Waals surface area contributed by atoms with E-state index in [4.69, 9.17) is 11.6 Å². The van der Waals surface area contributed by atoms with E-state index >= 15 is 0 Å². The zero-order valence-corrected chi connectivity index (χ0v) is 9.57. The first-order valence-electron chi connectivity index (χ1n) is 5.03. The van der Waals surface area contributed by atoms with Crippen LogP contribution in [-0.2, 0) is 0 Å². The fourth-order valence-corrected chi connectivity index (χ4v) is 2.09. The normalized spacial score (nSPS) is 17.0. The van der Waals surface area contributed by atoms with E-state index in [1.165, 1.54) is 6.33 Å². The Labute approximate surface area is 93.9 Å². The van der Waals surface area contributed by atoms with Gasteiger partial charge in [-0.1, -0.05) is 25.4 Å². The molecule has 1 saturated heterocycles. The fraction of sp³-hybridized carbons (Fsp3) is 0.600. The number of hydrogen-bond donors (Lipinski definition) is 1. The number of anilines is 1. The second kappa shape index (κ2) is 3.94. The van der Waals surface area contributed by atoms with Gasteiger partial charge in [-0.2, -0.15) is 0 Å². The van der Waals surface area contributed by atoms with Crippen LogP contribution in [0.2, 0.25) is 5.15 Å². The molecule has 1 N–H and O–H groups in total. The third-order valence-corrected chi connectivity index (χ3v) is 2.85. The lowest BCUT2D eigenvalue weighted by Crippen LogP contribution is -2.51. The van der Waals surface area contributed by atoms with Crippen molar-refractivity contribution in [2.45, 2.75) is 25.9 Å². The lowest BCUT2D eigenvalue weighted by molar-refractivity contribution is 0.141.